The number of aromatic nitrogens is 2. The smallest absolute Gasteiger partial charge is 0.264 e. The number of hydrogen-bond donors (Lipinski definition) is 0. The molecule has 4 nitrogen and oxygen atoms in total. The van der Waals surface area contributed by atoms with Crippen molar-refractivity contribution in [3.05, 3.63) is 109 Å². The molecule has 0 bridgehead atoms. The average Bonchev–Trinajstić information content (AvgIpc) is 3.20. The fraction of sp³-hybridized carbons (Fsp3) is 0. The standard InChI is InChI=1S/C25H17FN2O2S/c26-21-11-8-18(9-12-21)19-10-13-23-24(20-5-4-14-27-16-20)17-28(25(23)15-19)31(29,30)22-6-2-1-3-7-22/h1-17H. The van der Waals surface area contributed by atoms with Crippen molar-refractivity contribution in [2.24, 2.45) is 0 Å². The van der Waals surface area contributed by atoms with Gasteiger partial charge in [0.15, 0.2) is 0 Å². The van der Waals surface area contributed by atoms with Crippen molar-refractivity contribution in [2.75, 3.05) is 0 Å². The highest BCUT2D eigenvalue weighted by Gasteiger charge is 2.22. The van der Waals surface area contributed by atoms with Crippen LogP contribution in [0.4, 0.5) is 4.39 Å². The number of rotatable bonds is 4. The summed E-state index contributed by atoms with van der Waals surface area (Å²) in [7, 11) is -3.82. The van der Waals surface area contributed by atoms with E-state index in [0.29, 0.717) is 5.52 Å². The van der Waals surface area contributed by atoms with Crippen LogP contribution in [-0.4, -0.2) is 17.4 Å². The molecule has 0 spiro atoms. The molecule has 0 N–H and O–H groups in total. The molecule has 0 radical (unpaired) electrons. The van der Waals surface area contributed by atoms with Crippen LogP contribution in [0.5, 0.6) is 0 Å². The molecule has 5 aromatic rings. The molecule has 0 saturated heterocycles. The molecule has 0 unspecified atom stereocenters. The lowest BCUT2D eigenvalue weighted by molar-refractivity contribution is 0.589. The van der Waals surface area contributed by atoms with E-state index in [1.54, 1.807) is 61.1 Å². The largest absolute Gasteiger partial charge is 0.268 e. The van der Waals surface area contributed by atoms with Gasteiger partial charge in [-0.2, -0.15) is 0 Å². The molecule has 6 heteroatoms. The molecule has 31 heavy (non-hydrogen) atoms. The fourth-order valence-electron chi connectivity index (χ4n) is 3.68. The Labute approximate surface area is 179 Å². The molecule has 152 valence electrons. The third-order valence-corrected chi connectivity index (χ3v) is 6.91. The summed E-state index contributed by atoms with van der Waals surface area (Å²) in [6, 6.07) is 23.8. The minimum Gasteiger partial charge on any atom is -0.264 e. The van der Waals surface area contributed by atoms with Crippen molar-refractivity contribution in [1.29, 1.82) is 0 Å². The average molecular weight is 428 g/mol. The van der Waals surface area contributed by atoms with Gasteiger partial charge in [0, 0.05) is 35.1 Å². The predicted octanol–water partition coefficient (Wildman–Crippen LogP) is 5.75. The number of fused-ring (bicyclic) bond motifs is 1. The van der Waals surface area contributed by atoms with Gasteiger partial charge in [-0.15, -0.1) is 0 Å². The number of benzene rings is 3. The molecule has 0 saturated carbocycles. The number of nitrogens with zero attached hydrogens (tertiary/aromatic N) is 2. The second kappa shape index (κ2) is 7.49. The van der Waals surface area contributed by atoms with E-state index in [1.807, 2.05) is 30.3 Å². The zero-order valence-electron chi connectivity index (χ0n) is 16.3. The summed E-state index contributed by atoms with van der Waals surface area (Å²) in [6.07, 6.45) is 5.02. The first kappa shape index (κ1) is 19.2. The molecule has 2 aromatic heterocycles. The Morgan fingerprint density at radius 2 is 1.52 bits per heavy atom. The van der Waals surface area contributed by atoms with Crippen molar-refractivity contribution < 1.29 is 12.8 Å². The van der Waals surface area contributed by atoms with Gasteiger partial charge in [0.2, 0.25) is 0 Å². The van der Waals surface area contributed by atoms with Crippen molar-refractivity contribution in [3.63, 3.8) is 0 Å². The van der Waals surface area contributed by atoms with Crippen LogP contribution in [0.3, 0.4) is 0 Å². The summed E-state index contributed by atoms with van der Waals surface area (Å²) in [4.78, 5) is 4.38. The first-order valence-corrected chi connectivity index (χ1v) is 11.1. The second-order valence-electron chi connectivity index (χ2n) is 7.14. The van der Waals surface area contributed by atoms with E-state index in [1.165, 1.54) is 16.1 Å². The Bertz CT molecular complexity index is 1480. The van der Waals surface area contributed by atoms with Crippen molar-refractivity contribution in [1.82, 2.24) is 8.96 Å². The lowest BCUT2D eigenvalue weighted by atomic mass is 10.0. The monoisotopic (exact) mass is 428 g/mol. The Hall–Kier alpha value is -3.77. The van der Waals surface area contributed by atoms with E-state index in [2.05, 4.69) is 4.98 Å². The zero-order chi connectivity index (χ0) is 21.4. The molecule has 0 aliphatic rings. The number of hydrogen-bond acceptors (Lipinski definition) is 3. The maximum absolute atomic E-state index is 13.5. The Balaban J connectivity index is 1.79. The molecular formula is C25H17FN2O2S. The SMILES string of the molecule is O=S(=O)(c1ccccc1)n1cc(-c2cccnc2)c2ccc(-c3ccc(F)cc3)cc21. The Kier molecular flexibility index (Phi) is 4.64. The summed E-state index contributed by atoms with van der Waals surface area (Å²) in [5.41, 5.74) is 3.74. The first-order valence-electron chi connectivity index (χ1n) is 9.66. The predicted molar refractivity (Wildman–Crippen MR) is 120 cm³/mol. The highest BCUT2D eigenvalue weighted by atomic mass is 32.2. The molecule has 0 aliphatic heterocycles. The van der Waals surface area contributed by atoms with Crippen LogP contribution >= 0.6 is 0 Å². The van der Waals surface area contributed by atoms with Gasteiger partial charge in [-0.3, -0.25) is 4.98 Å². The van der Waals surface area contributed by atoms with Crippen molar-refractivity contribution >= 4 is 20.9 Å². The zero-order valence-corrected chi connectivity index (χ0v) is 17.1. The van der Waals surface area contributed by atoms with E-state index < -0.39 is 10.0 Å². The second-order valence-corrected chi connectivity index (χ2v) is 8.95. The normalized spacial score (nSPS) is 11.6. The molecule has 2 heterocycles. The van der Waals surface area contributed by atoms with Crippen LogP contribution in [0, 0.1) is 5.82 Å². The topological polar surface area (TPSA) is 52.0 Å². The molecule has 0 amide bonds. The van der Waals surface area contributed by atoms with E-state index in [9.17, 15) is 12.8 Å². The maximum atomic E-state index is 13.5. The maximum Gasteiger partial charge on any atom is 0.268 e. The summed E-state index contributed by atoms with van der Waals surface area (Å²) in [5, 5.41) is 0.790. The van der Waals surface area contributed by atoms with Gasteiger partial charge in [0.1, 0.15) is 5.82 Å². The van der Waals surface area contributed by atoms with Gasteiger partial charge in [0.05, 0.1) is 10.4 Å². The summed E-state index contributed by atoms with van der Waals surface area (Å²) >= 11 is 0. The molecule has 0 aliphatic carbocycles. The number of pyridine rings is 1. The highest BCUT2D eigenvalue weighted by molar-refractivity contribution is 7.90. The van der Waals surface area contributed by atoms with Gasteiger partial charge in [-0.1, -0.05) is 48.5 Å². The molecule has 0 fully saturated rings. The van der Waals surface area contributed by atoms with Crippen molar-refractivity contribution in [2.45, 2.75) is 4.90 Å². The van der Waals surface area contributed by atoms with Crippen LogP contribution in [-0.2, 0) is 10.0 Å². The summed E-state index contributed by atoms with van der Waals surface area (Å²) in [5.74, 6) is -0.321. The number of halogens is 1. The van der Waals surface area contributed by atoms with Crippen LogP contribution in [0.1, 0.15) is 0 Å². The van der Waals surface area contributed by atoms with E-state index in [4.69, 9.17) is 0 Å². The third kappa shape index (κ3) is 3.41. The van der Waals surface area contributed by atoms with Gasteiger partial charge in [-0.25, -0.2) is 16.8 Å². The third-order valence-electron chi connectivity index (χ3n) is 5.22. The van der Waals surface area contributed by atoms with Gasteiger partial charge in [-0.05, 0) is 47.5 Å². The van der Waals surface area contributed by atoms with Crippen LogP contribution in [0.25, 0.3) is 33.2 Å². The molecule has 5 rings (SSSR count). The molecule has 0 atom stereocenters. The van der Waals surface area contributed by atoms with Crippen LogP contribution in [0.15, 0.2) is 108 Å². The summed E-state index contributed by atoms with van der Waals surface area (Å²) < 4.78 is 41.6. The van der Waals surface area contributed by atoms with E-state index >= 15 is 0 Å². The lowest BCUT2D eigenvalue weighted by Gasteiger charge is -2.09. The Morgan fingerprint density at radius 3 is 2.23 bits per heavy atom. The first-order chi connectivity index (χ1) is 15.0. The molecule has 3 aromatic carbocycles. The van der Waals surface area contributed by atoms with Crippen LogP contribution < -0.4 is 0 Å². The molecular weight excluding hydrogens is 411 g/mol. The van der Waals surface area contributed by atoms with Gasteiger partial charge in [0.25, 0.3) is 10.0 Å². The Morgan fingerprint density at radius 1 is 0.774 bits per heavy atom. The van der Waals surface area contributed by atoms with Gasteiger partial charge >= 0.3 is 0 Å². The minimum atomic E-state index is -3.82. The minimum absolute atomic E-state index is 0.205. The quantitative estimate of drug-likeness (QED) is 0.366. The van der Waals surface area contributed by atoms with Gasteiger partial charge < -0.3 is 0 Å². The lowest BCUT2D eigenvalue weighted by Crippen LogP contribution is -2.11. The van der Waals surface area contributed by atoms with Crippen molar-refractivity contribution in [3.8, 4) is 22.3 Å². The fourth-order valence-corrected chi connectivity index (χ4v) is 5.06. The highest BCUT2D eigenvalue weighted by Crippen LogP contribution is 2.35. The summed E-state index contributed by atoms with van der Waals surface area (Å²) in [6.45, 7) is 0. The van der Waals surface area contributed by atoms with Crippen LogP contribution in [0.2, 0.25) is 0 Å². The van der Waals surface area contributed by atoms with E-state index in [-0.39, 0.29) is 10.7 Å². The van der Waals surface area contributed by atoms with E-state index in [0.717, 1.165) is 27.6 Å².